The summed E-state index contributed by atoms with van der Waals surface area (Å²) >= 11 is 0. The molecule has 0 aromatic heterocycles. The van der Waals surface area contributed by atoms with E-state index in [1.54, 1.807) is 29.2 Å². The van der Waals surface area contributed by atoms with Gasteiger partial charge in [-0.15, -0.1) is 0 Å². The van der Waals surface area contributed by atoms with Crippen molar-refractivity contribution in [3.05, 3.63) is 24.3 Å². The van der Waals surface area contributed by atoms with Gasteiger partial charge in [0.1, 0.15) is 12.1 Å². The Balaban J connectivity index is 2.12. The van der Waals surface area contributed by atoms with Gasteiger partial charge in [0, 0.05) is 18.2 Å². The lowest BCUT2D eigenvalue weighted by Crippen LogP contribution is -2.30. The second-order valence-corrected chi connectivity index (χ2v) is 4.49. The molecule has 0 spiro atoms. The van der Waals surface area contributed by atoms with Crippen molar-refractivity contribution in [1.82, 2.24) is 0 Å². The van der Waals surface area contributed by atoms with Crippen LogP contribution >= 0.6 is 0 Å². The lowest BCUT2D eigenvalue weighted by atomic mass is 10.2. The molecule has 0 aliphatic carbocycles. The molecule has 0 saturated carbocycles. The van der Waals surface area contributed by atoms with Gasteiger partial charge < -0.3 is 4.90 Å². The number of nitrogens with one attached hydrogen (secondary N) is 1. The molecule has 1 amide bonds. The summed E-state index contributed by atoms with van der Waals surface area (Å²) < 4.78 is 0. The summed E-state index contributed by atoms with van der Waals surface area (Å²) in [5.41, 5.74) is 3.88. The summed E-state index contributed by atoms with van der Waals surface area (Å²) in [6, 6.07) is 10.7. The number of benzene rings is 1. The first-order valence-corrected chi connectivity index (χ1v) is 6.21. The van der Waals surface area contributed by atoms with Gasteiger partial charge in [-0.05, 0) is 37.6 Å². The highest BCUT2D eigenvalue weighted by molar-refractivity contribution is 6.10. The molecule has 2 rings (SSSR count). The van der Waals surface area contributed by atoms with Crippen molar-refractivity contribution in [1.29, 1.82) is 10.5 Å². The van der Waals surface area contributed by atoms with Crippen molar-refractivity contribution >= 4 is 23.0 Å². The second-order valence-electron chi connectivity index (χ2n) is 4.49. The van der Waals surface area contributed by atoms with Gasteiger partial charge in [0.05, 0.1) is 5.69 Å². The van der Waals surface area contributed by atoms with Crippen LogP contribution in [0.1, 0.15) is 19.8 Å². The minimum absolute atomic E-state index is 0.132. The molecule has 1 aromatic carbocycles. The molecule has 1 N–H and O–H groups in total. The van der Waals surface area contributed by atoms with E-state index in [1.165, 1.54) is 0 Å². The number of rotatable bonds is 3. The van der Waals surface area contributed by atoms with Crippen LogP contribution in [-0.2, 0) is 4.79 Å². The third kappa shape index (κ3) is 2.76. The highest BCUT2D eigenvalue weighted by Gasteiger charge is 2.28. The number of hydrazone groups is 1. The number of amides is 1. The fourth-order valence-electron chi connectivity index (χ4n) is 2.12. The van der Waals surface area contributed by atoms with Crippen LogP contribution in [0, 0.1) is 22.7 Å². The zero-order chi connectivity index (χ0) is 14.5. The molecule has 6 nitrogen and oxygen atoms in total. The van der Waals surface area contributed by atoms with Crippen molar-refractivity contribution in [2.75, 3.05) is 10.3 Å². The van der Waals surface area contributed by atoms with Crippen LogP contribution in [0.5, 0.6) is 0 Å². The molecule has 1 fully saturated rings. The minimum Gasteiger partial charge on any atom is -0.310 e. The van der Waals surface area contributed by atoms with Crippen LogP contribution in [0.2, 0.25) is 0 Å². The largest absolute Gasteiger partial charge is 0.310 e. The molecule has 0 bridgehead atoms. The van der Waals surface area contributed by atoms with Crippen LogP contribution in [0.25, 0.3) is 0 Å². The quantitative estimate of drug-likeness (QED) is 0.669. The molecule has 1 aliphatic rings. The molecule has 6 heteroatoms. The van der Waals surface area contributed by atoms with Gasteiger partial charge in [0.15, 0.2) is 0 Å². The Kier molecular flexibility index (Phi) is 3.97. The standard InChI is InChI=1S/C14H13N5O/c1-10-2-7-14(20)19(10)13-5-3-11(4-6-13)17-18-12(8-15)9-16/h3-6,10,17H,2,7H2,1H3. The Labute approximate surface area is 116 Å². The van der Waals surface area contributed by atoms with Crippen molar-refractivity contribution in [3.63, 3.8) is 0 Å². The summed E-state index contributed by atoms with van der Waals surface area (Å²) in [4.78, 5) is 13.6. The summed E-state index contributed by atoms with van der Waals surface area (Å²) in [6.45, 7) is 2.02. The van der Waals surface area contributed by atoms with Gasteiger partial charge in [-0.1, -0.05) is 0 Å². The van der Waals surface area contributed by atoms with Gasteiger partial charge in [-0.25, -0.2) is 0 Å². The molecule has 1 unspecified atom stereocenters. The Morgan fingerprint density at radius 2 is 2.00 bits per heavy atom. The zero-order valence-corrected chi connectivity index (χ0v) is 11.0. The minimum atomic E-state index is -0.239. The molecular formula is C14H13N5O. The van der Waals surface area contributed by atoms with Gasteiger partial charge >= 0.3 is 0 Å². The predicted molar refractivity (Wildman–Crippen MR) is 74.9 cm³/mol. The van der Waals surface area contributed by atoms with Crippen LogP contribution in [0.4, 0.5) is 11.4 Å². The Bertz CT molecular complexity index is 604. The third-order valence-electron chi connectivity index (χ3n) is 3.14. The van der Waals surface area contributed by atoms with E-state index in [0.29, 0.717) is 12.1 Å². The van der Waals surface area contributed by atoms with Crippen LogP contribution < -0.4 is 10.3 Å². The van der Waals surface area contributed by atoms with Gasteiger partial charge in [0.25, 0.3) is 0 Å². The molecule has 1 aliphatic heterocycles. The lowest BCUT2D eigenvalue weighted by molar-refractivity contribution is -0.117. The molecule has 1 aromatic rings. The highest BCUT2D eigenvalue weighted by Crippen LogP contribution is 2.27. The van der Waals surface area contributed by atoms with Crippen LogP contribution in [0.15, 0.2) is 29.4 Å². The number of carbonyl (C=O) groups is 1. The average Bonchev–Trinajstić information content (AvgIpc) is 2.80. The number of carbonyl (C=O) groups excluding carboxylic acids is 1. The van der Waals surface area contributed by atoms with E-state index >= 15 is 0 Å². The Hall–Kier alpha value is -2.86. The molecular weight excluding hydrogens is 254 g/mol. The second kappa shape index (κ2) is 5.85. The maximum absolute atomic E-state index is 11.8. The van der Waals surface area contributed by atoms with Gasteiger partial charge in [0.2, 0.25) is 11.6 Å². The molecule has 1 heterocycles. The van der Waals surface area contributed by atoms with Gasteiger partial charge in [-0.2, -0.15) is 15.6 Å². The van der Waals surface area contributed by atoms with E-state index in [2.05, 4.69) is 10.5 Å². The summed E-state index contributed by atoms with van der Waals surface area (Å²) in [5.74, 6) is 0.132. The van der Waals surface area contributed by atoms with Crippen molar-refractivity contribution in [2.24, 2.45) is 5.10 Å². The third-order valence-corrected chi connectivity index (χ3v) is 3.14. The van der Waals surface area contributed by atoms with E-state index in [1.807, 2.05) is 19.1 Å². The SMILES string of the molecule is CC1CCC(=O)N1c1ccc(NN=C(C#N)C#N)cc1. The van der Waals surface area contributed by atoms with Crippen LogP contribution in [0.3, 0.4) is 0 Å². The smallest absolute Gasteiger partial charge is 0.237 e. The maximum atomic E-state index is 11.8. The summed E-state index contributed by atoms with van der Waals surface area (Å²) in [7, 11) is 0. The summed E-state index contributed by atoms with van der Waals surface area (Å²) in [5, 5.41) is 20.8. The van der Waals surface area contributed by atoms with Crippen LogP contribution in [-0.4, -0.2) is 17.7 Å². The van der Waals surface area contributed by atoms with E-state index in [4.69, 9.17) is 10.5 Å². The molecule has 20 heavy (non-hydrogen) atoms. The highest BCUT2D eigenvalue weighted by atomic mass is 16.2. The first-order chi connectivity index (χ1) is 9.65. The van der Waals surface area contributed by atoms with Crippen molar-refractivity contribution in [3.8, 4) is 12.1 Å². The molecule has 0 radical (unpaired) electrons. The van der Waals surface area contributed by atoms with Crippen molar-refractivity contribution < 1.29 is 4.79 Å². The maximum Gasteiger partial charge on any atom is 0.237 e. The van der Waals surface area contributed by atoms with E-state index < -0.39 is 0 Å². The first kappa shape index (κ1) is 13.6. The monoisotopic (exact) mass is 267 g/mol. The number of nitriles is 2. The zero-order valence-electron chi connectivity index (χ0n) is 11.0. The first-order valence-electron chi connectivity index (χ1n) is 6.21. The average molecular weight is 267 g/mol. The number of hydrogen-bond donors (Lipinski definition) is 1. The topological polar surface area (TPSA) is 92.3 Å². The lowest BCUT2D eigenvalue weighted by Gasteiger charge is -2.21. The Morgan fingerprint density at radius 3 is 2.50 bits per heavy atom. The molecule has 1 saturated heterocycles. The number of anilines is 2. The Morgan fingerprint density at radius 1 is 1.35 bits per heavy atom. The normalized spacial score (nSPS) is 17.2. The van der Waals surface area contributed by atoms with Crippen molar-refractivity contribution in [2.45, 2.75) is 25.8 Å². The number of nitrogens with zero attached hydrogens (tertiary/aromatic N) is 4. The fourth-order valence-corrected chi connectivity index (χ4v) is 2.12. The van der Waals surface area contributed by atoms with E-state index in [9.17, 15) is 4.79 Å². The fraction of sp³-hybridized carbons (Fsp3) is 0.286. The van der Waals surface area contributed by atoms with E-state index in [-0.39, 0.29) is 17.7 Å². The number of hydrogen-bond acceptors (Lipinski definition) is 5. The molecule has 100 valence electrons. The summed E-state index contributed by atoms with van der Waals surface area (Å²) in [6.07, 6.45) is 1.45. The molecule has 1 atom stereocenters. The predicted octanol–water partition coefficient (Wildman–Crippen LogP) is 2.02. The van der Waals surface area contributed by atoms with Gasteiger partial charge in [-0.3, -0.25) is 10.2 Å². The van der Waals surface area contributed by atoms with E-state index in [0.717, 1.165) is 12.1 Å².